The molecule has 4 heteroatoms. The Bertz CT molecular complexity index is 2990. The molecule has 0 saturated carbocycles. The number of aromatic nitrogens is 3. The van der Waals surface area contributed by atoms with Gasteiger partial charge in [-0.25, -0.2) is 15.0 Å². The SMILES string of the molecule is [2H]c1c([2H])c([2H])c2c(oc3c4c(-c5ccccc5)c([2H])c([2H])c([2H])c4c([2H])c(-c4nc(-c5ccccc5)nc(-c5ccc6ccccc6c5)n4)c32)c1[2H]. The summed E-state index contributed by atoms with van der Waals surface area (Å²) in [5.41, 5.74) is 2.03. The van der Waals surface area contributed by atoms with Crippen molar-refractivity contribution >= 4 is 43.5 Å². The zero-order valence-corrected chi connectivity index (χ0v) is 23.6. The van der Waals surface area contributed by atoms with Crippen molar-refractivity contribution in [1.82, 2.24) is 15.0 Å². The van der Waals surface area contributed by atoms with Crippen LogP contribution in [0.4, 0.5) is 0 Å². The number of rotatable bonds is 4. The molecule has 0 saturated heterocycles. The van der Waals surface area contributed by atoms with Gasteiger partial charge in [0, 0.05) is 32.8 Å². The van der Waals surface area contributed by atoms with E-state index in [1.807, 2.05) is 78.9 Å². The molecule has 2 heterocycles. The molecule has 9 rings (SSSR count). The minimum atomic E-state index is -0.497. The fourth-order valence-corrected chi connectivity index (χ4v) is 5.80. The number of para-hydroxylation sites is 1. The summed E-state index contributed by atoms with van der Waals surface area (Å²) in [6.07, 6.45) is 0. The molecule has 0 unspecified atom stereocenters. The summed E-state index contributed by atoms with van der Waals surface area (Å²) in [7, 11) is 0. The Labute approximate surface area is 270 Å². The van der Waals surface area contributed by atoms with Crippen molar-refractivity contribution in [3.63, 3.8) is 0 Å². The van der Waals surface area contributed by atoms with Crippen LogP contribution < -0.4 is 0 Å². The molecular formula is C41H25N3O. The zero-order valence-electron chi connectivity index (χ0n) is 31.6. The van der Waals surface area contributed by atoms with Gasteiger partial charge in [0.1, 0.15) is 11.2 Å². The highest BCUT2D eigenvalue weighted by Crippen LogP contribution is 2.44. The standard InChI is InChI=1S/C41H25N3O/c1-3-13-27(14-4-1)32-20-11-18-30-25-34(37-33-19-9-10-21-35(33)45-38(37)36(30)32)41-43-39(28-15-5-2-6-16-28)42-40(44-41)31-23-22-26-12-7-8-17-29(26)24-31/h1-25H/i9D,10D,11D,18D,19D,20D,21D,25D. The van der Waals surface area contributed by atoms with E-state index in [2.05, 4.69) is 0 Å². The van der Waals surface area contributed by atoms with E-state index in [-0.39, 0.29) is 73.8 Å². The van der Waals surface area contributed by atoms with Crippen molar-refractivity contribution in [2.75, 3.05) is 0 Å². The summed E-state index contributed by atoms with van der Waals surface area (Å²) in [6.45, 7) is 0. The van der Waals surface area contributed by atoms with Gasteiger partial charge in [-0.05, 0) is 45.4 Å². The quantitative estimate of drug-likeness (QED) is 0.207. The molecular weight excluding hydrogens is 550 g/mol. The number of fused-ring (bicyclic) bond motifs is 6. The second-order valence-electron chi connectivity index (χ2n) is 10.6. The molecule has 0 atom stereocenters. The van der Waals surface area contributed by atoms with Crippen LogP contribution in [0.25, 0.3) is 88.8 Å². The lowest BCUT2D eigenvalue weighted by molar-refractivity contribution is 0.673. The molecule has 45 heavy (non-hydrogen) atoms. The van der Waals surface area contributed by atoms with Crippen LogP contribution >= 0.6 is 0 Å². The minimum absolute atomic E-state index is 0.00408. The van der Waals surface area contributed by atoms with Gasteiger partial charge in [0.25, 0.3) is 0 Å². The minimum Gasteiger partial charge on any atom is -0.455 e. The molecule has 0 spiro atoms. The van der Waals surface area contributed by atoms with Gasteiger partial charge < -0.3 is 4.42 Å². The van der Waals surface area contributed by atoms with Crippen molar-refractivity contribution in [3.8, 4) is 45.3 Å². The van der Waals surface area contributed by atoms with Crippen LogP contribution in [0, 0.1) is 0 Å². The number of benzene rings is 7. The van der Waals surface area contributed by atoms with Gasteiger partial charge in [0.05, 0.1) is 11.0 Å². The summed E-state index contributed by atoms with van der Waals surface area (Å²) in [6, 6.07) is 28.7. The van der Waals surface area contributed by atoms with E-state index in [0.29, 0.717) is 28.3 Å². The van der Waals surface area contributed by atoms with Crippen LogP contribution in [0.2, 0.25) is 0 Å². The fourth-order valence-electron chi connectivity index (χ4n) is 5.80. The first-order valence-electron chi connectivity index (χ1n) is 18.4. The van der Waals surface area contributed by atoms with E-state index in [0.717, 1.165) is 10.8 Å². The Morgan fingerprint density at radius 2 is 1.18 bits per heavy atom. The molecule has 0 fully saturated rings. The lowest BCUT2D eigenvalue weighted by atomic mass is 9.93. The number of hydrogen-bond donors (Lipinski definition) is 0. The van der Waals surface area contributed by atoms with Crippen LogP contribution in [-0.4, -0.2) is 15.0 Å². The van der Waals surface area contributed by atoms with Crippen molar-refractivity contribution in [3.05, 3.63) is 151 Å². The monoisotopic (exact) mass is 583 g/mol. The molecule has 0 N–H and O–H groups in total. The van der Waals surface area contributed by atoms with Gasteiger partial charge in [-0.15, -0.1) is 0 Å². The third kappa shape index (κ3) is 4.27. The van der Waals surface area contributed by atoms with Gasteiger partial charge in [-0.1, -0.05) is 133 Å². The predicted octanol–water partition coefficient (Wildman–Crippen LogP) is 10.7. The first-order valence-corrected chi connectivity index (χ1v) is 14.4. The summed E-state index contributed by atoms with van der Waals surface area (Å²) in [4.78, 5) is 14.7. The Balaban J connectivity index is 1.50. The molecule has 4 nitrogen and oxygen atoms in total. The molecule has 9 aromatic rings. The summed E-state index contributed by atoms with van der Waals surface area (Å²) >= 11 is 0. The molecule has 0 amide bonds. The Morgan fingerprint density at radius 1 is 0.489 bits per heavy atom. The molecule has 0 aliphatic heterocycles. The smallest absolute Gasteiger partial charge is 0.164 e. The number of furan rings is 1. The molecule has 0 bridgehead atoms. The molecule has 0 radical (unpaired) electrons. The van der Waals surface area contributed by atoms with Gasteiger partial charge >= 0.3 is 0 Å². The first-order chi connectivity index (χ1) is 25.6. The summed E-state index contributed by atoms with van der Waals surface area (Å²) in [5.74, 6) is 0.594. The average Bonchev–Trinajstić information content (AvgIpc) is 3.59. The van der Waals surface area contributed by atoms with E-state index < -0.39 is 24.2 Å². The maximum atomic E-state index is 9.82. The molecule has 7 aromatic carbocycles. The van der Waals surface area contributed by atoms with Crippen LogP contribution in [0.15, 0.2) is 156 Å². The van der Waals surface area contributed by atoms with Crippen LogP contribution in [0.3, 0.4) is 0 Å². The predicted molar refractivity (Wildman–Crippen MR) is 184 cm³/mol. The molecule has 2 aromatic heterocycles. The Morgan fingerprint density at radius 3 is 2.00 bits per heavy atom. The van der Waals surface area contributed by atoms with Crippen molar-refractivity contribution in [2.45, 2.75) is 0 Å². The highest BCUT2D eigenvalue weighted by Gasteiger charge is 2.22. The highest BCUT2D eigenvalue weighted by atomic mass is 16.3. The maximum absolute atomic E-state index is 9.82. The Kier molecular flexibility index (Phi) is 4.22. The molecule has 0 aliphatic rings. The number of hydrogen-bond acceptors (Lipinski definition) is 4. The largest absolute Gasteiger partial charge is 0.455 e. The number of nitrogens with zero attached hydrogens (tertiary/aromatic N) is 3. The zero-order chi connectivity index (χ0) is 36.7. The highest BCUT2D eigenvalue weighted by molar-refractivity contribution is 6.23. The van der Waals surface area contributed by atoms with Crippen LogP contribution in [0.1, 0.15) is 11.0 Å². The average molecular weight is 584 g/mol. The summed E-state index contributed by atoms with van der Waals surface area (Å²) < 4.78 is 78.2. The lowest BCUT2D eigenvalue weighted by Crippen LogP contribution is -2.00. The van der Waals surface area contributed by atoms with Gasteiger partial charge in [0.2, 0.25) is 0 Å². The maximum Gasteiger partial charge on any atom is 0.164 e. The Hall–Kier alpha value is -6.13. The van der Waals surface area contributed by atoms with Crippen molar-refractivity contribution in [1.29, 1.82) is 0 Å². The molecule has 0 aliphatic carbocycles. The van der Waals surface area contributed by atoms with Crippen LogP contribution in [-0.2, 0) is 0 Å². The summed E-state index contributed by atoms with van der Waals surface area (Å²) in [5, 5.41) is 2.29. The first kappa shape index (κ1) is 18.5. The van der Waals surface area contributed by atoms with Crippen LogP contribution in [0.5, 0.6) is 0 Å². The van der Waals surface area contributed by atoms with E-state index in [9.17, 15) is 1.37 Å². The van der Waals surface area contributed by atoms with Gasteiger partial charge in [-0.3, -0.25) is 0 Å². The van der Waals surface area contributed by atoms with E-state index in [1.165, 1.54) is 0 Å². The lowest BCUT2D eigenvalue weighted by Gasteiger charge is -2.12. The molecule has 210 valence electrons. The third-order valence-corrected chi connectivity index (χ3v) is 7.90. The van der Waals surface area contributed by atoms with E-state index in [1.54, 1.807) is 24.3 Å². The third-order valence-electron chi connectivity index (χ3n) is 7.90. The van der Waals surface area contributed by atoms with Gasteiger partial charge in [-0.2, -0.15) is 0 Å². The van der Waals surface area contributed by atoms with E-state index in [4.69, 9.17) is 29.0 Å². The van der Waals surface area contributed by atoms with Crippen molar-refractivity contribution < 1.29 is 15.4 Å². The second kappa shape index (κ2) is 10.2. The normalized spacial score (nSPS) is 14.0. The van der Waals surface area contributed by atoms with Crippen molar-refractivity contribution in [2.24, 2.45) is 0 Å². The van der Waals surface area contributed by atoms with E-state index >= 15 is 0 Å². The second-order valence-corrected chi connectivity index (χ2v) is 10.6. The fraction of sp³-hybridized carbons (Fsp3) is 0. The topological polar surface area (TPSA) is 51.8 Å². The van der Waals surface area contributed by atoms with Gasteiger partial charge in [0.15, 0.2) is 17.5 Å².